The number of carbonyl (C=O) groups is 1. The Labute approximate surface area is 232 Å². The fraction of sp³-hybridized carbons (Fsp3) is 0.344. The standard InChI is InChI=1S/C32H37NO5S/c1-3-5-7-8-22-33(39(37,38)29-20-21-31(34)30(23-29)32(35)36)24-28-18-16-27(17-19-28)15-14-26-12-10-25(11-13-26)9-6-4-2/h10-13,16-21,23,34H,3-9,22,24H2,1-2H3,(H,35,36). The Hall–Kier alpha value is -3.60. The number of carboxylic acid groups (broad SMARTS) is 1. The number of sulfonamides is 1. The van der Waals surface area contributed by atoms with E-state index in [4.69, 9.17) is 0 Å². The van der Waals surface area contributed by atoms with Crippen molar-refractivity contribution in [1.29, 1.82) is 0 Å². The molecular weight excluding hydrogens is 510 g/mol. The molecule has 0 unspecified atom stereocenters. The van der Waals surface area contributed by atoms with Crippen LogP contribution in [0.2, 0.25) is 0 Å². The molecule has 0 radical (unpaired) electrons. The third-order valence-corrected chi connectivity index (χ3v) is 8.38. The van der Waals surface area contributed by atoms with Gasteiger partial charge in [0.1, 0.15) is 11.3 Å². The molecule has 6 nitrogen and oxygen atoms in total. The van der Waals surface area contributed by atoms with E-state index >= 15 is 0 Å². The van der Waals surface area contributed by atoms with E-state index < -0.39 is 27.3 Å². The minimum atomic E-state index is -3.99. The van der Waals surface area contributed by atoms with Crippen molar-refractivity contribution in [2.24, 2.45) is 0 Å². The Balaban J connectivity index is 1.77. The average Bonchev–Trinajstić information content (AvgIpc) is 2.93. The van der Waals surface area contributed by atoms with E-state index in [1.54, 1.807) is 0 Å². The monoisotopic (exact) mass is 547 g/mol. The molecule has 0 saturated carbocycles. The maximum Gasteiger partial charge on any atom is 0.339 e. The summed E-state index contributed by atoms with van der Waals surface area (Å²) < 4.78 is 28.4. The number of aromatic hydroxyl groups is 1. The summed E-state index contributed by atoms with van der Waals surface area (Å²) in [5.41, 5.74) is 3.44. The van der Waals surface area contributed by atoms with Gasteiger partial charge in [-0.1, -0.05) is 75.6 Å². The van der Waals surface area contributed by atoms with Crippen LogP contribution in [-0.4, -0.2) is 35.5 Å². The predicted octanol–water partition coefficient (Wildman–Crippen LogP) is 6.60. The first-order chi connectivity index (χ1) is 18.7. The van der Waals surface area contributed by atoms with Gasteiger partial charge < -0.3 is 10.2 Å². The lowest BCUT2D eigenvalue weighted by Gasteiger charge is -2.23. The van der Waals surface area contributed by atoms with Crippen molar-refractivity contribution in [3.05, 3.63) is 94.5 Å². The fourth-order valence-corrected chi connectivity index (χ4v) is 5.67. The molecule has 39 heavy (non-hydrogen) atoms. The van der Waals surface area contributed by atoms with Crippen LogP contribution in [0.4, 0.5) is 0 Å². The van der Waals surface area contributed by atoms with Crippen LogP contribution < -0.4 is 0 Å². The number of aromatic carboxylic acids is 1. The zero-order valence-electron chi connectivity index (χ0n) is 22.7. The SMILES string of the molecule is CCCCCCN(Cc1ccc(C#Cc2ccc(CCCC)cc2)cc1)S(=O)(=O)c1ccc(O)c(C(=O)O)c1. The molecule has 7 heteroatoms. The number of rotatable bonds is 13. The van der Waals surface area contributed by atoms with Gasteiger partial charge in [0.05, 0.1) is 4.90 Å². The summed E-state index contributed by atoms with van der Waals surface area (Å²) in [6.07, 6.45) is 7.04. The highest BCUT2D eigenvalue weighted by Crippen LogP contribution is 2.25. The summed E-state index contributed by atoms with van der Waals surface area (Å²) in [5.74, 6) is 4.50. The average molecular weight is 548 g/mol. The second-order valence-electron chi connectivity index (χ2n) is 9.63. The van der Waals surface area contributed by atoms with Crippen LogP contribution in [0.15, 0.2) is 71.6 Å². The fourth-order valence-electron chi connectivity index (χ4n) is 4.17. The lowest BCUT2D eigenvalue weighted by Crippen LogP contribution is -2.31. The number of benzene rings is 3. The number of nitrogens with zero attached hydrogens (tertiary/aromatic N) is 1. The third-order valence-electron chi connectivity index (χ3n) is 6.53. The molecule has 0 spiro atoms. The second-order valence-corrected chi connectivity index (χ2v) is 11.6. The number of phenols is 1. The zero-order chi connectivity index (χ0) is 28.3. The summed E-state index contributed by atoms with van der Waals surface area (Å²) in [4.78, 5) is 11.3. The highest BCUT2D eigenvalue weighted by molar-refractivity contribution is 7.89. The van der Waals surface area contributed by atoms with Crippen molar-refractivity contribution in [2.75, 3.05) is 6.54 Å². The van der Waals surface area contributed by atoms with Crippen LogP contribution >= 0.6 is 0 Å². The van der Waals surface area contributed by atoms with Crippen molar-refractivity contribution in [3.63, 3.8) is 0 Å². The van der Waals surface area contributed by atoms with Crippen LogP contribution in [-0.2, 0) is 23.0 Å². The number of carboxylic acids is 1. The number of unbranched alkanes of at least 4 members (excludes halogenated alkanes) is 4. The molecule has 0 saturated heterocycles. The van der Waals surface area contributed by atoms with E-state index in [1.807, 2.05) is 36.4 Å². The van der Waals surface area contributed by atoms with Crippen LogP contribution in [0, 0.1) is 11.8 Å². The molecule has 0 bridgehead atoms. The van der Waals surface area contributed by atoms with Crippen molar-refractivity contribution < 1.29 is 23.4 Å². The Morgan fingerprint density at radius 1 is 0.795 bits per heavy atom. The molecule has 0 aliphatic carbocycles. The maximum atomic E-state index is 13.5. The van der Waals surface area contributed by atoms with Gasteiger partial charge >= 0.3 is 5.97 Å². The van der Waals surface area contributed by atoms with Crippen LogP contribution in [0.1, 0.15) is 85.0 Å². The number of aryl methyl sites for hydroxylation is 1. The van der Waals surface area contributed by atoms with Gasteiger partial charge in [-0.25, -0.2) is 13.2 Å². The Morgan fingerprint density at radius 3 is 1.95 bits per heavy atom. The van der Waals surface area contributed by atoms with Gasteiger partial charge in [0.2, 0.25) is 10.0 Å². The summed E-state index contributed by atoms with van der Waals surface area (Å²) in [6.45, 7) is 4.72. The molecule has 3 rings (SSSR count). The summed E-state index contributed by atoms with van der Waals surface area (Å²) in [7, 11) is -3.99. The van der Waals surface area contributed by atoms with Gasteiger partial charge in [0, 0.05) is 24.2 Å². The molecule has 206 valence electrons. The van der Waals surface area contributed by atoms with E-state index in [-0.39, 0.29) is 11.4 Å². The zero-order valence-corrected chi connectivity index (χ0v) is 23.5. The van der Waals surface area contributed by atoms with Crippen LogP contribution in [0.3, 0.4) is 0 Å². The van der Waals surface area contributed by atoms with Crippen molar-refractivity contribution >= 4 is 16.0 Å². The minimum absolute atomic E-state index is 0.144. The summed E-state index contributed by atoms with van der Waals surface area (Å²) in [6, 6.07) is 19.2. The molecule has 3 aromatic rings. The molecule has 0 aromatic heterocycles. The molecule has 0 aliphatic rings. The van der Waals surface area contributed by atoms with Gasteiger partial charge in [0.25, 0.3) is 0 Å². The first-order valence-corrected chi connectivity index (χ1v) is 14.9. The van der Waals surface area contributed by atoms with E-state index in [0.717, 1.165) is 54.5 Å². The first-order valence-electron chi connectivity index (χ1n) is 13.5. The molecule has 0 atom stereocenters. The van der Waals surface area contributed by atoms with Gasteiger partial charge in [-0.3, -0.25) is 0 Å². The Kier molecular flexibility index (Phi) is 11.2. The smallest absolute Gasteiger partial charge is 0.339 e. The van der Waals surface area contributed by atoms with Gasteiger partial charge in [-0.15, -0.1) is 0 Å². The molecule has 0 fully saturated rings. The highest BCUT2D eigenvalue weighted by atomic mass is 32.2. The molecule has 0 heterocycles. The maximum absolute atomic E-state index is 13.5. The van der Waals surface area contributed by atoms with E-state index in [9.17, 15) is 23.4 Å². The van der Waals surface area contributed by atoms with Crippen LogP contribution in [0.25, 0.3) is 0 Å². The van der Waals surface area contributed by atoms with E-state index in [0.29, 0.717) is 13.0 Å². The van der Waals surface area contributed by atoms with Gasteiger partial charge in [-0.05, 0) is 72.9 Å². The highest BCUT2D eigenvalue weighted by Gasteiger charge is 2.26. The van der Waals surface area contributed by atoms with Crippen molar-refractivity contribution in [3.8, 4) is 17.6 Å². The lowest BCUT2D eigenvalue weighted by molar-refractivity contribution is 0.0693. The molecular formula is C32H37NO5S. The Bertz CT molecular complexity index is 1400. The van der Waals surface area contributed by atoms with E-state index in [2.05, 4.69) is 37.8 Å². The van der Waals surface area contributed by atoms with Gasteiger partial charge in [-0.2, -0.15) is 4.31 Å². The van der Waals surface area contributed by atoms with Crippen molar-refractivity contribution in [1.82, 2.24) is 4.31 Å². The topological polar surface area (TPSA) is 94.9 Å². The number of hydrogen-bond donors (Lipinski definition) is 2. The minimum Gasteiger partial charge on any atom is -0.507 e. The van der Waals surface area contributed by atoms with Crippen LogP contribution in [0.5, 0.6) is 5.75 Å². The summed E-state index contributed by atoms with van der Waals surface area (Å²) >= 11 is 0. The lowest BCUT2D eigenvalue weighted by atomic mass is 10.1. The first kappa shape index (κ1) is 29.9. The van der Waals surface area contributed by atoms with Crippen molar-refractivity contribution in [2.45, 2.75) is 70.2 Å². The largest absolute Gasteiger partial charge is 0.507 e. The molecule has 3 aromatic carbocycles. The molecule has 0 amide bonds. The number of hydrogen-bond acceptors (Lipinski definition) is 4. The normalized spacial score (nSPS) is 11.3. The second kappa shape index (κ2) is 14.5. The van der Waals surface area contributed by atoms with Gasteiger partial charge in [0.15, 0.2) is 0 Å². The quantitative estimate of drug-likeness (QED) is 0.186. The molecule has 2 N–H and O–H groups in total. The molecule has 0 aliphatic heterocycles. The summed E-state index contributed by atoms with van der Waals surface area (Å²) in [5, 5.41) is 19.2. The third kappa shape index (κ3) is 8.71. The predicted molar refractivity (Wildman–Crippen MR) is 154 cm³/mol. The van der Waals surface area contributed by atoms with E-state index in [1.165, 1.54) is 28.8 Å². The Morgan fingerprint density at radius 2 is 1.38 bits per heavy atom.